The standard InChI is InChI=1S/C89H150N16O29S/c1-16-60(6)80(103(11)87(120)78(58(2)3)101-85(118)79(59(4)5)102(9)10)67(124-13)51-76(113)104-32-20-24-66(104)81(125-14)61(7)82(115)100-64(50-63-22-18-17-19-23-63)83(116)91-28-21-34-133-88(121)62(8)98-71(108)25-29-93-89(122)134-57-65(84(117)92-31-37-128-42-43-130-46-47-132-49-48-131-45-44-129-39-38-123-12)99-75(112)56-97-74(111)55-96-73(110)54-95-72(109)53-94-70(107)27-35-126-40-41-127-36-30-90-69(106)26-33-105-77(114)52-68(135-15)86(105)119/h17-19,22-23,58-62,64-68,78-81H,16,20-21,24-57H2,1-15H3,(H,90,106)(H,91,116)(H,92,117)(H,93,122)(H,94,107)(H,95,109)(H,96,110)(H,97,111)(H,98,108)(H,99,112)(H,100,115)(H,101,118)/t60-,61+,62?,64-,65?,66-,67+,68?,78-,79-,80-,81+/m0/s1. The molecule has 0 aromatic heterocycles. The molecule has 0 spiro atoms. The molecule has 2 aliphatic rings. The number of nitrogens with zero attached hydrogens (tertiary/aromatic N) is 4. The number of methoxy groups -OCH3 is 3. The minimum atomic E-state index is -1.56. The first-order chi connectivity index (χ1) is 64.5. The maximum absolute atomic E-state index is 14.6. The number of esters is 1. The van der Waals surface area contributed by atoms with Gasteiger partial charge in [-0.05, 0) is 69.9 Å². The number of carbonyl (C=O) groups excluding carboxylic acids is 17. The Morgan fingerprint density at radius 1 is 0.511 bits per heavy atom. The first-order valence-electron chi connectivity index (χ1n) is 45.9. The van der Waals surface area contributed by atoms with Gasteiger partial charge < -0.3 is 130 Å². The quantitative estimate of drug-likeness (QED) is 0.0179. The summed E-state index contributed by atoms with van der Waals surface area (Å²) in [5.41, 5.74) is 0.744. The summed E-state index contributed by atoms with van der Waals surface area (Å²) >= 11 is 1.29. The van der Waals surface area contributed by atoms with Crippen molar-refractivity contribution in [1.82, 2.24) is 83.4 Å². The minimum Gasteiger partial charge on any atom is -0.464 e. The van der Waals surface area contributed by atoms with Gasteiger partial charge in [0.1, 0.15) is 30.8 Å². The third-order valence-corrected chi connectivity index (χ3v) is 22.8. The van der Waals surface area contributed by atoms with Crippen molar-refractivity contribution in [2.24, 2.45) is 23.7 Å². The van der Waals surface area contributed by atoms with Crippen molar-refractivity contribution in [2.75, 3.05) is 226 Å². The molecule has 0 aliphatic carbocycles. The molecular formula is C89H150N16O29S. The highest BCUT2D eigenvalue weighted by Gasteiger charge is 2.45. The summed E-state index contributed by atoms with van der Waals surface area (Å²) in [4.78, 5) is 229. The molecule has 2 fully saturated rings. The molecule has 2 heterocycles. The topological polar surface area (TPSA) is 558 Å². The lowest BCUT2D eigenvalue weighted by molar-refractivity contribution is -0.148. The zero-order valence-electron chi connectivity index (χ0n) is 81.2. The number of rotatable bonds is 73. The van der Waals surface area contributed by atoms with E-state index in [0.29, 0.717) is 72.1 Å². The fourth-order valence-electron chi connectivity index (χ4n) is 14.4. The van der Waals surface area contributed by atoms with E-state index in [0.717, 1.165) is 10.5 Å². The molecule has 0 saturated carbocycles. The second-order valence-electron chi connectivity index (χ2n) is 33.1. The Morgan fingerprint density at radius 2 is 1.04 bits per heavy atom. The summed E-state index contributed by atoms with van der Waals surface area (Å²) in [5.74, 6) is -10.4. The number of hydrogen-bond donors (Lipinski definition) is 12. The predicted octanol–water partition coefficient (Wildman–Crippen LogP) is -2.75. The number of alkyl carbamates (subject to hydrolysis) is 1. The number of amides is 16. The van der Waals surface area contributed by atoms with Crippen LogP contribution in [0.2, 0.25) is 0 Å². The van der Waals surface area contributed by atoms with E-state index in [1.54, 1.807) is 49.3 Å². The number of benzene rings is 1. The predicted molar refractivity (Wildman–Crippen MR) is 493 cm³/mol. The van der Waals surface area contributed by atoms with Crippen molar-refractivity contribution in [3.8, 4) is 0 Å². The summed E-state index contributed by atoms with van der Waals surface area (Å²) < 4.78 is 65.7. The number of hydrogen-bond acceptors (Lipinski definition) is 31. The Bertz CT molecular complexity index is 3800. The summed E-state index contributed by atoms with van der Waals surface area (Å²) in [5, 5.41) is 29.9. The van der Waals surface area contributed by atoms with Crippen LogP contribution in [0.4, 0.5) is 4.79 Å². The molecule has 3 unspecified atom stereocenters. The van der Waals surface area contributed by atoms with E-state index in [2.05, 4.69) is 63.8 Å². The van der Waals surface area contributed by atoms with Gasteiger partial charge in [-0.2, -0.15) is 11.8 Å². The van der Waals surface area contributed by atoms with Gasteiger partial charge in [-0.3, -0.25) is 81.7 Å². The van der Waals surface area contributed by atoms with Crippen LogP contribution in [0.3, 0.4) is 0 Å². The molecule has 135 heavy (non-hydrogen) atoms. The number of likely N-dealkylation sites (N-methyl/N-ethyl adjacent to an activating group) is 2. The van der Waals surface area contributed by atoms with Crippen LogP contribution in [-0.4, -0.2) is 407 Å². The monoisotopic (exact) mass is 1940 g/mol. The van der Waals surface area contributed by atoms with E-state index in [-0.39, 0.29) is 190 Å². The number of thioether (sulfide) groups is 1. The first kappa shape index (κ1) is 119. The first-order valence-corrected chi connectivity index (χ1v) is 47.2. The summed E-state index contributed by atoms with van der Waals surface area (Å²) in [6.45, 7) is 15.2. The molecule has 12 N–H and O–H groups in total. The lowest BCUT2D eigenvalue weighted by Gasteiger charge is -2.41. The van der Waals surface area contributed by atoms with Crippen LogP contribution in [0.5, 0.6) is 0 Å². The zero-order chi connectivity index (χ0) is 100. The average molecular weight is 1940 g/mol. The third-order valence-electron chi connectivity index (χ3n) is 21.8. The van der Waals surface area contributed by atoms with Crippen molar-refractivity contribution in [3.63, 3.8) is 0 Å². The Labute approximate surface area is 796 Å². The molecule has 0 radical (unpaired) electrons. The van der Waals surface area contributed by atoms with Gasteiger partial charge >= 0.3 is 12.1 Å². The molecule has 2 aliphatic heterocycles. The van der Waals surface area contributed by atoms with E-state index >= 15 is 0 Å². The van der Waals surface area contributed by atoms with Gasteiger partial charge in [0.2, 0.25) is 88.6 Å². The average Bonchev–Trinajstić information content (AvgIpc) is 1.80. The summed E-state index contributed by atoms with van der Waals surface area (Å²) in [7, 11) is 9.87. The Hall–Kier alpha value is -9.88. The van der Waals surface area contributed by atoms with Crippen molar-refractivity contribution < 1.29 is 138 Å². The van der Waals surface area contributed by atoms with Gasteiger partial charge in [0.15, 0.2) is 0 Å². The highest BCUT2D eigenvalue weighted by molar-refractivity contribution is 8.00. The molecule has 3 rings (SSSR count). The Morgan fingerprint density at radius 3 is 1.58 bits per heavy atom. The lowest BCUT2D eigenvalue weighted by atomic mass is 9.89. The van der Waals surface area contributed by atoms with Crippen LogP contribution < -0.4 is 63.8 Å². The largest absolute Gasteiger partial charge is 0.464 e. The molecule has 766 valence electrons. The molecule has 0 bridgehead atoms. The van der Waals surface area contributed by atoms with E-state index in [1.165, 1.54) is 32.9 Å². The number of nitrogens with one attached hydrogen (secondary N) is 12. The van der Waals surface area contributed by atoms with Gasteiger partial charge in [0.05, 0.1) is 180 Å². The molecular weight excluding hydrogens is 1790 g/mol. The van der Waals surface area contributed by atoms with E-state index in [4.69, 9.17) is 56.8 Å². The Kier molecular flexibility index (Phi) is 61.0. The second-order valence-corrected chi connectivity index (χ2v) is 34.1. The molecule has 1 aromatic rings. The zero-order valence-corrected chi connectivity index (χ0v) is 82.0. The van der Waals surface area contributed by atoms with Crippen LogP contribution >= 0.6 is 11.8 Å². The maximum Gasteiger partial charge on any atom is 0.407 e. The van der Waals surface area contributed by atoms with Crippen molar-refractivity contribution in [1.29, 1.82) is 0 Å². The minimum absolute atomic E-state index is 0.00147. The lowest BCUT2D eigenvalue weighted by Crippen LogP contribution is -2.59. The van der Waals surface area contributed by atoms with Crippen LogP contribution in [-0.2, 0) is 140 Å². The number of likely N-dealkylation sites (tertiary alicyclic amines) is 2. The molecule has 45 nitrogen and oxygen atoms in total. The SMILES string of the molecule is CC[C@H](C)[C@@H]([C@@H](CC(=O)N1CCC[C@H]1[C@H](OC)[C@@H](C)C(=O)N[C@@H](Cc1ccccc1)C(=O)NCCCOC(=O)C(C)NC(=O)CCNC(=O)OCC(NC(=O)CNC(=O)CNC(=O)CNC(=O)CNC(=O)CCOCCOCCNC(=O)CCN1C(=O)CC(SC)C1=O)C(=O)NCCOCCOCCOCCOCCOCCOC)OC)N(C)C(=O)[C@@H](NC(=O)[C@H](C(C)C)N(C)C)C(C)C. The molecule has 12 atom stereocenters. The summed E-state index contributed by atoms with van der Waals surface area (Å²) in [6.07, 6.45) is 0.553. The fraction of sp³-hybridized carbons (Fsp3) is 0.742. The van der Waals surface area contributed by atoms with Crippen LogP contribution in [0, 0.1) is 23.7 Å². The third kappa shape index (κ3) is 48.1. The van der Waals surface area contributed by atoms with E-state index in [9.17, 15) is 81.5 Å². The van der Waals surface area contributed by atoms with Gasteiger partial charge in [-0.25, -0.2) is 9.59 Å². The second kappa shape index (κ2) is 69.0. The normalized spacial score (nSPS) is 15.9. The molecule has 46 heteroatoms. The van der Waals surface area contributed by atoms with E-state index in [1.807, 2.05) is 78.7 Å². The van der Waals surface area contributed by atoms with Crippen LogP contribution in [0.15, 0.2) is 30.3 Å². The number of imide groups is 1. The highest BCUT2D eigenvalue weighted by Crippen LogP contribution is 2.31. The van der Waals surface area contributed by atoms with Gasteiger partial charge in [0, 0.05) is 99.7 Å². The molecule has 16 amide bonds. The van der Waals surface area contributed by atoms with Crippen molar-refractivity contribution in [2.45, 2.75) is 179 Å². The Balaban J connectivity index is 1.48. The molecule has 2 saturated heterocycles. The van der Waals surface area contributed by atoms with Crippen LogP contribution in [0.1, 0.15) is 119 Å². The maximum atomic E-state index is 14.6. The smallest absolute Gasteiger partial charge is 0.407 e. The number of carbonyl (C=O) groups is 17. The van der Waals surface area contributed by atoms with Crippen molar-refractivity contribution in [3.05, 3.63) is 35.9 Å². The van der Waals surface area contributed by atoms with Crippen LogP contribution in [0.25, 0.3) is 0 Å². The summed E-state index contributed by atoms with van der Waals surface area (Å²) in [6, 6.07) is 2.77. The van der Waals surface area contributed by atoms with E-state index < -0.39 is 164 Å². The highest BCUT2D eigenvalue weighted by atomic mass is 32.2. The molecule has 1 aromatic carbocycles. The van der Waals surface area contributed by atoms with Crippen molar-refractivity contribution >= 4 is 112 Å². The van der Waals surface area contributed by atoms with Gasteiger partial charge in [-0.15, -0.1) is 0 Å². The number of ether oxygens (including phenoxy) is 12. The van der Waals surface area contributed by atoms with Gasteiger partial charge in [-0.1, -0.05) is 85.2 Å². The fourth-order valence-corrected chi connectivity index (χ4v) is 15.0. The van der Waals surface area contributed by atoms with Gasteiger partial charge in [0.25, 0.3) is 0 Å².